The highest BCUT2D eigenvalue weighted by atomic mass is 16.3. The lowest BCUT2D eigenvalue weighted by molar-refractivity contribution is 0.282. The van der Waals surface area contributed by atoms with Crippen LogP contribution in [0.2, 0.25) is 0 Å². The van der Waals surface area contributed by atoms with Gasteiger partial charge in [0, 0.05) is 0 Å². The highest BCUT2D eigenvalue weighted by Crippen LogP contribution is 2.25. The number of hydrogen-bond donors (Lipinski definition) is 2. The van der Waals surface area contributed by atoms with Crippen molar-refractivity contribution in [1.82, 2.24) is 0 Å². The molecule has 0 radical (unpaired) electrons. The number of phenolic OH excluding ortho intramolecular Hbond substituents is 1. The van der Waals surface area contributed by atoms with Gasteiger partial charge in [0.25, 0.3) is 0 Å². The third kappa shape index (κ3) is 5.14. The zero-order chi connectivity index (χ0) is 14.3. The maximum Gasteiger partial charge on any atom is 0.119 e. The number of phenols is 1. The monoisotopic (exact) mass is 258 g/mol. The van der Waals surface area contributed by atoms with Gasteiger partial charge in [0.2, 0.25) is 0 Å². The Morgan fingerprint density at radius 1 is 1.00 bits per heavy atom. The zero-order valence-electron chi connectivity index (χ0n) is 11.8. The molecule has 0 heterocycles. The van der Waals surface area contributed by atoms with Crippen molar-refractivity contribution in [2.45, 2.75) is 33.3 Å². The second kappa shape index (κ2) is 7.59. The molecule has 0 amide bonds. The minimum absolute atomic E-state index is 0.140. The van der Waals surface area contributed by atoms with Crippen LogP contribution in [-0.2, 0) is 6.61 Å². The lowest BCUT2D eigenvalue weighted by atomic mass is 10.0. The van der Waals surface area contributed by atoms with Gasteiger partial charge < -0.3 is 10.2 Å². The smallest absolute Gasteiger partial charge is 0.119 e. The van der Waals surface area contributed by atoms with Crippen LogP contribution in [0, 0.1) is 6.92 Å². The van der Waals surface area contributed by atoms with E-state index in [0.717, 1.165) is 16.7 Å². The average Bonchev–Trinajstić information content (AvgIpc) is 2.40. The van der Waals surface area contributed by atoms with Crippen molar-refractivity contribution in [1.29, 1.82) is 0 Å². The molecule has 0 saturated carbocycles. The molecule has 0 unspecified atom stereocenters. The molecule has 0 atom stereocenters. The molecule has 0 aromatic heterocycles. The van der Waals surface area contributed by atoms with Gasteiger partial charge in [0.05, 0.1) is 6.61 Å². The van der Waals surface area contributed by atoms with Gasteiger partial charge in [-0.25, -0.2) is 0 Å². The van der Waals surface area contributed by atoms with E-state index in [-0.39, 0.29) is 6.61 Å². The van der Waals surface area contributed by atoms with Crippen LogP contribution < -0.4 is 0 Å². The number of hydrogen-bond acceptors (Lipinski definition) is 2. The summed E-state index contributed by atoms with van der Waals surface area (Å²) >= 11 is 0. The minimum Gasteiger partial charge on any atom is -0.508 e. The third-order valence-corrected chi connectivity index (χ3v) is 2.83. The lowest BCUT2D eigenvalue weighted by Crippen LogP contribution is -1.87. The van der Waals surface area contributed by atoms with E-state index in [9.17, 15) is 5.11 Å². The van der Waals surface area contributed by atoms with Crippen molar-refractivity contribution in [3.05, 3.63) is 65.2 Å². The molecule has 0 saturated heterocycles. The predicted octanol–water partition coefficient (Wildman–Crippen LogP) is 4.00. The molecule has 0 bridgehead atoms. The van der Waals surface area contributed by atoms with Crippen LogP contribution in [0.15, 0.2) is 48.5 Å². The Morgan fingerprint density at radius 3 is 2.05 bits per heavy atom. The van der Waals surface area contributed by atoms with Gasteiger partial charge in [0.1, 0.15) is 5.75 Å². The molecule has 2 nitrogen and oxygen atoms in total. The second-order valence-electron chi connectivity index (χ2n) is 4.86. The van der Waals surface area contributed by atoms with Gasteiger partial charge in [-0.05, 0) is 35.6 Å². The van der Waals surface area contributed by atoms with Crippen molar-refractivity contribution < 1.29 is 10.2 Å². The summed E-state index contributed by atoms with van der Waals surface area (Å²) in [7, 11) is 0. The van der Waals surface area contributed by atoms with Crippen molar-refractivity contribution in [2.75, 3.05) is 0 Å². The number of aromatic hydroxyl groups is 1. The first-order chi connectivity index (χ1) is 9.04. The molecular weight excluding hydrogens is 236 g/mol. The molecule has 0 spiro atoms. The van der Waals surface area contributed by atoms with Crippen molar-refractivity contribution >= 4 is 0 Å². The van der Waals surface area contributed by atoms with Crippen LogP contribution in [0.3, 0.4) is 0 Å². The largest absolute Gasteiger partial charge is 0.508 e. The summed E-state index contributed by atoms with van der Waals surface area (Å²) in [6, 6.07) is 15.3. The average molecular weight is 258 g/mol. The second-order valence-corrected chi connectivity index (χ2v) is 4.86. The summed E-state index contributed by atoms with van der Waals surface area (Å²) < 4.78 is 0. The fourth-order valence-corrected chi connectivity index (χ4v) is 1.73. The van der Waals surface area contributed by atoms with Crippen LogP contribution >= 0.6 is 0 Å². The number of rotatable bonds is 2. The molecule has 2 N–H and O–H groups in total. The predicted molar refractivity (Wildman–Crippen MR) is 79.3 cm³/mol. The van der Waals surface area contributed by atoms with Crippen molar-refractivity contribution in [2.24, 2.45) is 0 Å². The van der Waals surface area contributed by atoms with Crippen LogP contribution in [-0.4, -0.2) is 10.2 Å². The van der Waals surface area contributed by atoms with Crippen molar-refractivity contribution in [3.8, 4) is 5.75 Å². The molecule has 19 heavy (non-hydrogen) atoms. The maximum atomic E-state index is 9.46. The van der Waals surface area contributed by atoms with Crippen molar-refractivity contribution in [3.63, 3.8) is 0 Å². The molecule has 2 aromatic rings. The summed E-state index contributed by atoms with van der Waals surface area (Å²) in [5.41, 5.74) is 3.09. The number of aliphatic hydroxyl groups excluding tert-OH is 1. The van der Waals surface area contributed by atoms with E-state index in [2.05, 4.69) is 13.8 Å². The first-order valence-corrected chi connectivity index (χ1v) is 6.49. The maximum absolute atomic E-state index is 9.46. The summed E-state index contributed by atoms with van der Waals surface area (Å²) in [5, 5.41) is 18.0. The quantitative estimate of drug-likeness (QED) is 0.854. The zero-order valence-corrected chi connectivity index (χ0v) is 11.8. The fraction of sp³-hybridized carbons (Fsp3) is 0.294. The van der Waals surface area contributed by atoms with Gasteiger partial charge >= 0.3 is 0 Å². The molecular formula is C17H22O2. The summed E-state index contributed by atoms with van der Waals surface area (Å²) in [6.45, 7) is 6.26. The molecule has 2 rings (SSSR count). The standard InChI is InChI=1S/C10H14O.C7H8O/c1-7(2)9-5-4-8(3)6-10(9)11;8-6-7-4-2-1-3-5-7/h4-7,11H,1-3H3;1-5,8H,6H2. The Balaban J connectivity index is 0.000000200. The molecule has 2 aromatic carbocycles. The molecule has 0 fully saturated rings. The van der Waals surface area contributed by atoms with Gasteiger partial charge in [-0.15, -0.1) is 0 Å². The fourth-order valence-electron chi connectivity index (χ4n) is 1.73. The Labute approximate surface area is 115 Å². The van der Waals surface area contributed by atoms with E-state index in [1.54, 1.807) is 6.07 Å². The lowest BCUT2D eigenvalue weighted by Gasteiger charge is -2.07. The van der Waals surface area contributed by atoms with Gasteiger partial charge in [0.15, 0.2) is 0 Å². The summed E-state index contributed by atoms with van der Waals surface area (Å²) in [6.07, 6.45) is 0. The number of aryl methyl sites for hydroxylation is 1. The highest BCUT2D eigenvalue weighted by Gasteiger charge is 2.03. The number of benzene rings is 2. The number of aliphatic hydroxyl groups is 1. The first kappa shape index (κ1) is 15.3. The first-order valence-electron chi connectivity index (χ1n) is 6.49. The van der Waals surface area contributed by atoms with Crippen LogP contribution in [0.1, 0.15) is 36.5 Å². The molecule has 102 valence electrons. The van der Waals surface area contributed by atoms with Crippen LogP contribution in [0.4, 0.5) is 0 Å². The highest BCUT2D eigenvalue weighted by molar-refractivity contribution is 5.37. The van der Waals surface area contributed by atoms with Crippen LogP contribution in [0.5, 0.6) is 5.75 Å². The van der Waals surface area contributed by atoms with E-state index in [0.29, 0.717) is 11.7 Å². The third-order valence-electron chi connectivity index (χ3n) is 2.83. The molecule has 2 heteroatoms. The summed E-state index contributed by atoms with van der Waals surface area (Å²) in [4.78, 5) is 0. The van der Waals surface area contributed by atoms with E-state index in [1.165, 1.54) is 0 Å². The van der Waals surface area contributed by atoms with Gasteiger partial charge in [-0.2, -0.15) is 0 Å². The summed E-state index contributed by atoms with van der Waals surface area (Å²) in [5.74, 6) is 0.815. The topological polar surface area (TPSA) is 40.5 Å². The van der Waals surface area contributed by atoms with E-state index < -0.39 is 0 Å². The van der Waals surface area contributed by atoms with Crippen LogP contribution in [0.25, 0.3) is 0 Å². The van der Waals surface area contributed by atoms with E-state index in [1.807, 2.05) is 49.4 Å². The Kier molecular flexibility index (Phi) is 6.10. The Morgan fingerprint density at radius 2 is 1.63 bits per heavy atom. The minimum atomic E-state index is 0.140. The molecule has 0 aliphatic heterocycles. The van der Waals surface area contributed by atoms with E-state index in [4.69, 9.17) is 5.11 Å². The molecule has 0 aliphatic carbocycles. The Bertz CT molecular complexity index is 490. The normalized spacial score (nSPS) is 9.95. The van der Waals surface area contributed by atoms with Gasteiger partial charge in [-0.3, -0.25) is 0 Å². The van der Waals surface area contributed by atoms with E-state index >= 15 is 0 Å². The van der Waals surface area contributed by atoms with Gasteiger partial charge in [-0.1, -0.05) is 56.3 Å². The SMILES string of the molecule is Cc1ccc(C(C)C)c(O)c1.OCc1ccccc1. The molecule has 0 aliphatic rings. The Hall–Kier alpha value is -1.80.